The molecule has 0 N–H and O–H groups in total. The Morgan fingerprint density at radius 1 is 1.03 bits per heavy atom. The quantitative estimate of drug-likeness (QED) is 0.504. The number of benzene rings is 1. The standard InChI is InChI=1S/C21H18F2N4O4S/c1-29-13-8-15(22)14(16(23)9-13)11-26-19-18(5-4-6-24-19)32-27(21(26)28)12-7-17(30-2)20(31-3)25-10-12/h4-10H,11H2,1-3H3. The number of ether oxygens (including phenoxy) is 3. The van der Waals surface area contributed by atoms with Gasteiger partial charge in [0.25, 0.3) is 5.88 Å². The third kappa shape index (κ3) is 3.86. The Morgan fingerprint density at radius 2 is 1.78 bits per heavy atom. The molecule has 1 aliphatic heterocycles. The first-order valence-corrected chi connectivity index (χ1v) is 10.1. The predicted octanol–water partition coefficient (Wildman–Crippen LogP) is 4.43. The van der Waals surface area contributed by atoms with Gasteiger partial charge in [0.05, 0.1) is 44.7 Å². The Morgan fingerprint density at radius 3 is 2.44 bits per heavy atom. The number of nitrogens with zero attached hydrogens (tertiary/aromatic N) is 4. The van der Waals surface area contributed by atoms with Gasteiger partial charge in [-0.15, -0.1) is 0 Å². The maximum Gasteiger partial charge on any atom is 0.341 e. The van der Waals surface area contributed by atoms with E-state index in [-0.39, 0.29) is 23.7 Å². The molecule has 32 heavy (non-hydrogen) atoms. The van der Waals surface area contributed by atoms with E-state index in [0.717, 1.165) is 24.1 Å². The van der Waals surface area contributed by atoms with E-state index in [1.807, 2.05) is 0 Å². The van der Waals surface area contributed by atoms with Gasteiger partial charge in [0.2, 0.25) is 0 Å². The number of aromatic nitrogens is 2. The fourth-order valence-corrected chi connectivity index (χ4v) is 4.10. The second-order valence-electron chi connectivity index (χ2n) is 6.55. The van der Waals surface area contributed by atoms with Crippen LogP contribution in [0.15, 0.2) is 47.6 Å². The largest absolute Gasteiger partial charge is 0.497 e. The van der Waals surface area contributed by atoms with Crippen molar-refractivity contribution >= 4 is 29.5 Å². The van der Waals surface area contributed by atoms with Gasteiger partial charge in [-0.05, 0) is 12.1 Å². The number of carbonyl (C=O) groups excluding carboxylic acids is 1. The molecule has 0 unspecified atom stereocenters. The maximum absolute atomic E-state index is 14.6. The van der Waals surface area contributed by atoms with E-state index in [4.69, 9.17) is 14.2 Å². The lowest BCUT2D eigenvalue weighted by Crippen LogP contribution is -2.43. The number of carbonyl (C=O) groups is 1. The number of hydrogen-bond donors (Lipinski definition) is 0. The van der Waals surface area contributed by atoms with Crippen LogP contribution in [-0.2, 0) is 6.54 Å². The molecule has 1 aromatic carbocycles. The van der Waals surface area contributed by atoms with Crippen molar-refractivity contribution < 1.29 is 27.8 Å². The molecule has 0 aliphatic carbocycles. The molecule has 2 amide bonds. The average Bonchev–Trinajstić information content (AvgIpc) is 2.81. The van der Waals surface area contributed by atoms with E-state index < -0.39 is 17.7 Å². The Balaban J connectivity index is 1.76. The summed E-state index contributed by atoms with van der Waals surface area (Å²) in [4.78, 5) is 23.7. The summed E-state index contributed by atoms with van der Waals surface area (Å²) in [5.41, 5.74) is 0.112. The van der Waals surface area contributed by atoms with Crippen LogP contribution >= 0.6 is 11.9 Å². The van der Waals surface area contributed by atoms with Crippen molar-refractivity contribution in [1.82, 2.24) is 9.97 Å². The minimum Gasteiger partial charge on any atom is -0.497 e. The Kier molecular flexibility index (Phi) is 5.99. The van der Waals surface area contributed by atoms with Gasteiger partial charge in [0, 0.05) is 41.9 Å². The third-order valence-corrected chi connectivity index (χ3v) is 5.78. The lowest BCUT2D eigenvalue weighted by Gasteiger charge is -2.35. The van der Waals surface area contributed by atoms with E-state index in [2.05, 4.69) is 9.97 Å². The van der Waals surface area contributed by atoms with Crippen molar-refractivity contribution in [3.05, 3.63) is 59.9 Å². The highest BCUT2D eigenvalue weighted by molar-refractivity contribution is 8.01. The van der Waals surface area contributed by atoms with Gasteiger partial charge < -0.3 is 14.2 Å². The topological polar surface area (TPSA) is 77.0 Å². The first-order chi connectivity index (χ1) is 15.5. The van der Waals surface area contributed by atoms with Crippen LogP contribution in [0.25, 0.3) is 0 Å². The first kappa shape index (κ1) is 21.6. The second-order valence-corrected chi connectivity index (χ2v) is 7.54. The summed E-state index contributed by atoms with van der Waals surface area (Å²) in [6, 6.07) is 6.64. The summed E-state index contributed by atoms with van der Waals surface area (Å²) >= 11 is 1.12. The van der Waals surface area contributed by atoms with Gasteiger partial charge in [0.1, 0.15) is 17.4 Å². The predicted molar refractivity (Wildman–Crippen MR) is 114 cm³/mol. The molecule has 0 saturated carbocycles. The van der Waals surface area contributed by atoms with Crippen LogP contribution in [0.4, 0.5) is 25.1 Å². The normalized spacial score (nSPS) is 13.1. The molecule has 166 valence electrons. The minimum absolute atomic E-state index is 0.0424. The highest BCUT2D eigenvalue weighted by Crippen LogP contribution is 2.42. The second kappa shape index (κ2) is 8.87. The number of fused-ring (bicyclic) bond motifs is 1. The molecule has 0 saturated heterocycles. The Bertz CT molecular complexity index is 1160. The number of halogens is 2. The molecule has 11 heteroatoms. The number of hydrogen-bond acceptors (Lipinski definition) is 7. The number of rotatable bonds is 6. The first-order valence-electron chi connectivity index (χ1n) is 9.31. The smallest absolute Gasteiger partial charge is 0.341 e. The zero-order valence-electron chi connectivity index (χ0n) is 17.3. The van der Waals surface area contributed by atoms with Crippen LogP contribution in [0.3, 0.4) is 0 Å². The van der Waals surface area contributed by atoms with Gasteiger partial charge >= 0.3 is 6.03 Å². The highest BCUT2D eigenvalue weighted by atomic mass is 32.2. The highest BCUT2D eigenvalue weighted by Gasteiger charge is 2.35. The van der Waals surface area contributed by atoms with Crippen molar-refractivity contribution in [1.29, 1.82) is 0 Å². The van der Waals surface area contributed by atoms with Crippen molar-refractivity contribution in [2.45, 2.75) is 11.4 Å². The van der Waals surface area contributed by atoms with E-state index in [1.165, 1.54) is 42.9 Å². The molecule has 0 atom stereocenters. The van der Waals surface area contributed by atoms with Gasteiger partial charge in [-0.25, -0.2) is 27.8 Å². The number of methoxy groups -OCH3 is 3. The van der Waals surface area contributed by atoms with Crippen molar-refractivity contribution in [3.63, 3.8) is 0 Å². The van der Waals surface area contributed by atoms with Gasteiger partial charge in [-0.1, -0.05) is 0 Å². The molecular formula is C21H18F2N4O4S. The average molecular weight is 460 g/mol. The lowest BCUT2D eigenvalue weighted by atomic mass is 10.1. The van der Waals surface area contributed by atoms with E-state index >= 15 is 0 Å². The molecular weight excluding hydrogens is 442 g/mol. The molecule has 3 heterocycles. The molecule has 0 radical (unpaired) electrons. The molecule has 4 rings (SSSR count). The van der Waals surface area contributed by atoms with Crippen molar-refractivity contribution in [2.75, 3.05) is 30.5 Å². The van der Waals surface area contributed by atoms with Gasteiger partial charge in [-0.2, -0.15) is 0 Å². The molecule has 3 aromatic rings. The number of pyridine rings is 2. The van der Waals surface area contributed by atoms with Crippen LogP contribution in [0.5, 0.6) is 17.4 Å². The van der Waals surface area contributed by atoms with Crippen LogP contribution < -0.4 is 23.4 Å². The number of anilines is 2. The number of amides is 2. The summed E-state index contributed by atoms with van der Waals surface area (Å²) in [6.45, 7) is -0.373. The molecule has 0 bridgehead atoms. The minimum atomic E-state index is -0.829. The summed E-state index contributed by atoms with van der Waals surface area (Å²) < 4.78 is 45.9. The molecule has 0 spiro atoms. The molecule has 0 fully saturated rings. The number of urea groups is 1. The van der Waals surface area contributed by atoms with Crippen LogP contribution in [0, 0.1) is 11.6 Å². The van der Waals surface area contributed by atoms with Crippen LogP contribution in [-0.4, -0.2) is 37.3 Å². The monoisotopic (exact) mass is 460 g/mol. The van der Waals surface area contributed by atoms with Gasteiger partial charge in [-0.3, -0.25) is 4.90 Å². The molecule has 1 aliphatic rings. The van der Waals surface area contributed by atoms with Crippen molar-refractivity contribution in [3.8, 4) is 17.4 Å². The zero-order chi connectivity index (χ0) is 22.8. The molecule has 8 nitrogen and oxygen atoms in total. The van der Waals surface area contributed by atoms with E-state index in [0.29, 0.717) is 22.2 Å². The zero-order valence-corrected chi connectivity index (χ0v) is 18.2. The Labute approximate surface area is 186 Å². The van der Waals surface area contributed by atoms with Crippen molar-refractivity contribution in [2.24, 2.45) is 0 Å². The fraction of sp³-hybridized carbons (Fsp3) is 0.190. The van der Waals surface area contributed by atoms with Gasteiger partial charge in [0.15, 0.2) is 11.6 Å². The van der Waals surface area contributed by atoms with Crippen LogP contribution in [0.1, 0.15) is 5.56 Å². The molecule has 2 aromatic heterocycles. The third-order valence-electron chi connectivity index (χ3n) is 4.72. The van der Waals surface area contributed by atoms with Crippen LogP contribution in [0.2, 0.25) is 0 Å². The fourth-order valence-electron chi connectivity index (χ4n) is 3.14. The summed E-state index contributed by atoms with van der Waals surface area (Å²) in [7, 11) is 4.22. The lowest BCUT2D eigenvalue weighted by molar-refractivity contribution is 0.253. The summed E-state index contributed by atoms with van der Waals surface area (Å²) in [5, 5.41) is 0. The maximum atomic E-state index is 14.6. The van der Waals surface area contributed by atoms with E-state index in [1.54, 1.807) is 18.2 Å². The van der Waals surface area contributed by atoms with E-state index in [9.17, 15) is 13.6 Å². The summed E-state index contributed by atoms with van der Waals surface area (Å²) in [6.07, 6.45) is 2.95. The summed E-state index contributed by atoms with van der Waals surface area (Å²) in [5.74, 6) is -0.738. The Hall–Kier alpha value is -3.60. The SMILES string of the molecule is COc1cc(F)c(CN2C(=O)N(c3cnc(OC)c(OC)c3)Sc3cccnc32)c(F)c1.